The van der Waals surface area contributed by atoms with Crippen molar-refractivity contribution < 1.29 is 4.92 Å². The Morgan fingerprint density at radius 2 is 2.35 bits per heavy atom. The molecule has 2 aromatic heterocycles. The highest BCUT2D eigenvalue weighted by molar-refractivity contribution is 7.07. The van der Waals surface area contributed by atoms with Crippen molar-refractivity contribution in [1.29, 1.82) is 0 Å². The van der Waals surface area contributed by atoms with Crippen LogP contribution in [0.4, 0.5) is 11.5 Å². The van der Waals surface area contributed by atoms with Crippen LogP contribution < -0.4 is 5.32 Å². The lowest BCUT2D eigenvalue weighted by atomic mass is 10.1. The van der Waals surface area contributed by atoms with Gasteiger partial charge in [-0.25, -0.2) is 4.68 Å². The van der Waals surface area contributed by atoms with Gasteiger partial charge >= 0.3 is 5.69 Å². The van der Waals surface area contributed by atoms with Gasteiger partial charge in [0.15, 0.2) is 0 Å². The highest BCUT2D eigenvalue weighted by Gasteiger charge is 2.25. The number of thiophene rings is 1. The molecule has 0 saturated heterocycles. The van der Waals surface area contributed by atoms with E-state index in [4.69, 9.17) is 0 Å². The Bertz CT molecular complexity index is 592. The number of nitrogens with zero attached hydrogens (tertiary/aromatic N) is 3. The molecule has 0 aliphatic rings. The smallest absolute Gasteiger partial charge is 0.333 e. The molecule has 0 saturated carbocycles. The molecule has 6 nitrogen and oxygen atoms in total. The Balaban J connectivity index is 2.21. The van der Waals surface area contributed by atoms with Gasteiger partial charge in [-0.05, 0) is 49.6 Å². The summed E-state index contributed by atoms with van der Waals surface area (Å²) >= 11 is 1.65. The van der Waals surface area contributed by atoms with Crippen LogP contribution in [0.5, 0.6) is 0 Å². The molecule has 0 aromatic carbocycles. The van der Waals surface area contributed by atoms with Crippen LogP contribution in [0.2, 0.25) is 0 Å². The lowest BCUT2D eigenvalue weighted by Crippen LogP contribution is -2.21. The molecule has 1 atom stereocenters. The van der Waals surface area contributed by atoms with Crippen molar-refractivity contribution in [1.82, 2.24) is 9.78 Å². The largest absolute Gasteiger partial charge is 0.362 e. The SMILES string of the molecule is CCn1nc(C)c([N+](=O)[O-])c1NC(C)Cc1ccsc1. The molecule has 0 amide bonds. The number of nitrogens with one attached hydrogen (secondary N) is 1. The monoisotopic (exact) mass is 294 g/mol. The molecule has 20 heavy (non-hydrogen) atoms. The number of hydrogen-bond acceptors (Lipinski definition) is 5. The zero-order chi connectivity index (χ0) is 14.7. The topological polar surface area (TPSA) is 73.0 Å². The first kappa shape index (κ1) is 14.5. The van der Waals surface area contributed by atoms with Crippen molar-refractivity contribution in [3.63, 3.8) is 0 Å². The highest BCUT2D eigenvalue weighted by atomic mass is 32.1. The molecule has 108 valence electrons. The van der Waals surface area contributed by atoms with Gasteiger partial charge in [0.05, 0.1) is 4.92 Å². The first-order valence-electron chi connectivity index (χ1n) is 6.52. The number of aromatic nitrogens is 2. The Morgan fingerprint density at radius 1 is 1.60 bits per heavy atom. The van der Waals surface area contributed by atoms with Crippen molar-refractivity contribution in [3.05, 3.63) is 38.2 Å². The van der Waals surface area contributed by atoms with E-state index in [0.717, 1.165) is 6.42 Å². The highest BCUT2D eigenvalue weighted by Crippen LogP contribution is 2.29. The fourth-order valence-corrected chi connectivity index (χ4v) is 2.89. The zero-order valence-corrected chi connectivity index (χ0v) is 12.6. The first-order chi connectivity index (χ1) is 9.52. The minimum Gasteiger partial charge on any atom is -0.362 e. The average molecular weight is 294 g/mol. The summed E-state index contributed by atoms with van der Waals surface area (Å²) in [4.78, 5) is 10.8. The lowest BCUT2D eigenvalue weighted by molar-refractivity contribution is -0.384. The van der Waals surface area contributed by atoms with Crippen LogP contribution in [0, 0.1) is 17.0 Å². The Kier molecular flexibility index (Phi) is 4.39. The summed E-state index contributed by atoms with van der Waals surface area (Å²) in [6.45, 7) is 6.20. The molecule has 2 rings (SSSR count). The third kappa shape index (κ3) is 2.98. The fraction of sp³-hybridized carbons (Fsp3) is 0.462. The molecule has 0 bridgehead atoms. The number of hydrogen-bond donors (Lipinski definition) is 1. The lowest BCUT2D eigenvalue weighted by Gasteiger charge is -2.14. The van der Waals surface area contributed by atoms with Gasteiger partial charge in [0.25, 0.3) is 0 Å². The number of nitro groups is 1. The van der Waals surface area contributed by atoms with Crippen LogP contribution in [-0.4, -0.2) is 20.7 Å². The van der Waals surface area contributed by atoms with E-state index in [9.17, 15) is 10.1 Å². The van der Waals surface area contributed by atoms with Gasteiger partial charge in [-0.1, -0.05) is 0 Å². The average Bonchev–Trinajstić information content (AvgIpc) is 2.97. The molecule has 1 N–H and O–H groups in total. The maximum Gasteiger partial charge on any atom is 0.333 e. The van der Waals surface area contributed by atoms with Crippen LogP contribution in [-0.2, 0) is 13.0 Å². The number of aryl methyl sites for hydroxylation is 2. The van der Waals surface area contributed by atoms with E-state index >= 15 is 0 Å². The molecular formula is C13H18N4O2S. The van der Waals surface area contributed by atoms with E-state index in [-0.39, 0.29) is 16.7 Å². The molecule has 0 fully saturated rings. The van der Waals surface area contributed by atoms with E-state index in [1.807, 2.05) is 19.2 Å². The maximum atomic E-state index is 11.2. The van der Waals surface area contributed by atoms with Crippen molar-refractivity contribution in [3.8, 4) is 0 Å². The number of rotatable bonds is 6. The Morgan fingerprint density at radius 3 is 2.90 bits per heavy atom. The van der Waals surface area contributed by atoms with Gasteiger partial charge in [0.2, 0.25) is 5.82 Å². The van der Waals surface area contributed by atoms with Crippen LogP contribution in [0.25, 0.3) is 0 Å². The summed E-state index contributed by atoms with van der Waals surface area (Å²) in [6.07, 6.45) is 0.828. The van der Waals surface area contributed by atoms with Gasteiger partial charge in [0, 0.05) is 12.6 Å². The quantitative estimate of drug-likeness (QED) is 0.655. The molecule has 0 spiro atoms. The van der Waals surface area contributed by atoms with Crippen molar-refractivity contribution >= 4 is 22.8 Å². The maximum absolute atomic E-state index is 11.2. The predicted octanol–water partition coefficient (Wildman–Crippen LogP) is 3.22. The Hall–Kier alpha value is -1.89. The van der Waals surface area contributed by atoms with E-state index < -0.39 is 0 Å². The van der Waals surface area contributed by atoms with E-state index in [2.05, 4.69) is 21.9 Å². The second kappa shape index (κ2) is 6.04. The second-order valence-corrected chi connectivity index (χ2v) is 5.52. The summed E-state index contributed by atoms with van der Waals surface area (Å²) in [5, 5.41) is 22.8. The molecule has 1 unspecified atom stereocenters. The normalized spacial score (nSPS) is 12.3. The van der Waals surface area contributed by atoms with Crippen LogP contribution >= 0.6 is 11.3 Å². The second-order valence-electron chi connectivity index (χ2n) is 4.74. The Labute approximate surface area is 121 Å². The van der Waals surface area contributed by atoms with E-state index in [1.54, 1.807) is 22.9 Å². The first-order valence-corrected chi connectivity index (χ1v) is 7.46. The summed E-state index contributed by atoms with van der Waals surface area (Å²) in [5.74, 6) is 0.498. The molecule has 2 heterocycles. The zero-order valence-electron chi connectivity index (χ0n) is 11.8. The predicted molar refractivity (Wildman–Crippen MR) is 80.4 cm³/mol. The minimum absolute atomic E-state index is 0.0732. The van der Waals surface area contributed by atoms with Gasteiger partial charge in [0.1, 0.15) is 5.69 Å². The third-order valence-corrected chi connectivity index (χ3v) is 3.82. The number of anilines is 1. The third-order valence-electron chi connectivity index (χ3n) is 3.08. The van der Waals surface area contributed by atoms with Crippen LogP contribution in [0.15, 0.2) is 16.8 Å². The fourth-order valence-electron chi connectivity index (χ4n) is 2.21. The van der Waals surface area contributed by atoms with Gasteiger partial charge in [-0.3, -0.25) is 10.1 Å². The molecule has 0 radical (unpaired) electrons. The van der Waals surface area contributed by atoms with Crippen LogP contribution in [0.1, 0.15) is 25.1 Å². The standard InChI is InChI=1S/C13H18N4O2S/c1-4-16-13(12(17(18)19)10(3)15-16)14-9(2)7-11-5-6-20-8-11/h5-6,8-9,14H,4,7H2,1-3H3. The van der Waals surface area contributed by atoms with Crippen LogP contribution in [0.3, 0.4) is 0 Å². The van der Waals surface area contributed by atoms with E-state index in [0.29, 0.717) is 18.1 Å². The summed E-state index contributed by atoms with van der Waals surface area (Å²) in [7, 11) is 0. The van der Waals surface area contributed by atoms with Gasteiger partial charge < -0.3 is 5.32 Å². The summed E-state index contributed by atoms with van der Waals surface area (Å²) < 4.78 is 1.65. The molecule has 2 aromatic rings. The molecule has 0 aliphatic carbocycles. The van der Waals surface area contributed by atoms with Gasteiger partial charge in [-0.2, -0.15) is 16.4 Å². The molecule has 7 heteroatoms. The minimum atomic E-state index is -0.367. The molecular weight excluding hydrogens is 276 g/mol. The van der Waals surface area contributed by atoms with Gasteiger partial charge in [-0.15, -0.1) is 0 Å². The summed E-state index contributed by atoms with van der Waals surface area (Å²) in [5.41, 5.74) is 1.75. The summed E-state index contributed by atoms with van der Waals surface area (Å²) in [6, 6.07) is 2.17. The van der Waals surface area contributed by atoms with Crippen molar-refractivity contribution in [2.24, 2.45) is 0 Å². The van der Waals surface area contributed by atoms with Crippen molar-refractivity contribution in [2.45, 2.75) is 39.8 Å². The van der Waals surface area contributed by atoms with Crippen molar-refractivity contribution in [2.75, 3.05) is 5.32 Å². The van der Waals surface area contributed by atoms with E-state index in [1.165, 1.54) is 5.56 Å². The molecule has 0 aliphatic heterocycles.